The van der Waals surface area contributed by atoms with Crippen molar-refractivity contribution in [2.45, 2.75) is 225 Å². The van der Waals surface area contributed by atoms with Crippen LogP contribution in [0.15, 0.2) is 24.3 Å². The number of carboxylic acid groups (broad SMARTS) is 3. The van der Waals surface area contributed by atoms with Gasteiger partial charge in [0.2, 0.25) is 5.91 Å². The van der Waals surface area contributed by atoms with E-state index in [9.17, 15) is 24.3 Å². The predicted octanol–water partition coefficient (Wildman–Crippen LogP) is 11.7. The van der Waals surface area contributed by atoms with Crippen LogP contribution in [-0.4, -0.2) is 109 Å². The number of allylic oxidation sites excluding steroid dienone is 4. The zero-order valence-electron chi connectivity index (χ0n) is 40.2. The highest BCUT2D eigenvalue weighted by molar-refractivity contribution is 5.78. The molecule has 0 spiro atoms. The number of rotatable bonds is 50. The van der Waals surface area contributed by atoms with Crippen LogP contribution in [0, 0.1) is 0 Å². The van der Waals surface area contributed by atoms with E-state index in [1.54, 1.807) is 0 Å². The van der Waals surface area contributed by atoms with Crippen molar-refractivity contribution in [1.82, 2.24) is 10.2 Å². The molecule has 12 nitrogen and oxygen atoms in total. The molecule has 0 rings (SSSR count). The van der Waals surface area contributed by atoms with Gasteiger partial charge in [0, 0.05) is 19.8 Å². The fourth-order valence-electron chi connectivity index (χ4n) is 7.50. The number of carboxylic acids is 3. The lowest BCUT2D eigenvalue weighted by Gasteiger charge is -2.25. The minimum Gasteiger partial charge on any atom is -0.480 e. The third kappa shape index (κ3) is 44.2. The van der Waals surface area contributed by atoms with Crippen molar-refractivity contribution in [1.29, 1.82) is 0 Å². The van der Waals surface area contributed by atoms with Crippen molar-refractivity contribution in [2.24, 2.45) is 0 Å². The smallest absolute Gasteiger partial charge is 0.320 e. The highest BCUT2D eigenvalue weighted by Crippen LogP contribution is 2.13. The van der Waals surface area contributed by atoms with Crippen LogP contribution in [0.1, 0.15) is 213 Å². The van der Waals surface area contributed by atoms with Gasteiger partial charge in [-0.15, -0.1) is 0 Å². The number of nitrogens with zero attached hydrogens (tertiary/aromatic N) is 1. The summed E-state index contributed by atoms with van der Waals surface area (Å²) < 4.78 is 17.9. The Hall–Kier alpha value is -2.80. The quantitative estimate of drug-likeness (QED) is 0.0338. The minimum atomic E-state index is -1.30. The molecule has 1 amide bonds. The zero-order valence-corrected chi connectivity index (χ0v) is 40.2. The van der Waals surface area contributed by atoms with Gasteiger partial charge in [-0.25, -0.2) is 0 Å². The van der Waals surface area contributed by atoms with Crippen LogP contribution in [-0.2, 0) is 33.4 Å². The molecule has 0 aliphatic heterocycles. The summed E-state index contributed by atoms with van der Waals surface area (Å²) in [6.45, 7) is 5.19. The molecule has 0 aliphatic carbocycles. The molecule has 0 radical (unpaired) electrons. The molecule has 0 bridgehead atoms. The summed E-state index contributed by atoms with van der Waals surface area (Å²) in [5.41, 5.74) is 0. The molecule has 0 fully saturated rings. The maximum atomic E-state index is 12.6. The van der Waals surface area contributed by atoms with E-state index >= 15 is 0 Å². The molecule has 0 aromatic carbocycles. The summed E-state index contributed by atoms with van der Waals surface area (Å²) in [5.74, 6) is -4.21. The van der Waals surface area contributed by atoms with E-state index in [0.29, 0.717) is 39.3 Å². The summed E-state index contributed by atoms with van der Waals surface area (Å²) >= 11 is 0. The Labute approximate surface area is 383 Å². The van der Waals surface area contributed by atoms with Gasteiger partial charge in [-0.1, -0.05) is 154 Å². The van der Waals surface area contributed by atoms with E-state index in [4.69, 9.17) is 24.4 Å². The van der Waals surface area contributed by atoms with Gasteiger partial charge in [0.25, 0.3) is 0 Å². The number of carbonyl (C=O) groups is 4. The van der Waals surface area contributed by atoms with Crippen LogP contribution >= 0.6 is 0 Å². The molecule has 4 N–H and O–H groups in total. The van der Waals surface area contributed by atoms with Gasteiger partial charge in [0.05, 0.1) is 26.3 Å². The summed E-state index contributed by atoms with van der Waals surface area (Å²) in [6.07, 6.45) is 45.0. The number of carbonyl (C=O) groups excluding carboxylic acids is 1. The second-order valence-corrected chi connectivity index (χ2v) is 17.4. The second kappa shape index (κ2) is 47.2. The maximum absolute atomic E-state index is 12.6. The lowest BCUT2D eigenvalue weighted by molar-refractivity contribution is -0.149. The molecule has 0 saturated carbocycles. The van der Waals surface area contributed by atoms with Crippen molar-refractivity contribution in [3.8, 4) is 0 Å². The van der Waals surface area contributed by atoms with Gasteiger partial charge >= 0.3 is 17.9 Å². The van der Waals surface area contributed by atoms with Gasteiger partial charge in [0.15, 0.2) is 0 Å². The van der Waals surface area contributed by atoms with Crippen molar-refractivity contribution in [3.63, 3.8) is 0 Å². The Morgan fingerprint density at radius 3 is 1.27 bits per heavy atom. The van der Waals surface area contributed by atoms with Crippen LogP contribution in [0.2, 0.25) is 0 Å². The van der Waals surface area contributed by atoms with E-state index in [0.717, 1.165) is 30.6 Å². The monoisotopic (exact) mass is 895 g/mol. The molecule has 368 valence electrons. The molecule has 0 saturated heterocycles. The Morgan fingerprint density at radius 1 is 0.508 bits per heavy atom. The van der Waals surface area contributed by atoms with Crippen molar-refractivity contribution in [2.75, 3.05) is 52.7 Å². The normalized spacial score (nSPS) is 12.3. The number of aliphatic carboxylic acids is 3. The summed E-state index contributed by atoms with van der Waals surface area (Å²) in [4.78, 5) is 47.6. The Morgan fingerprint density at radius 2 is 0.889 bits per heavy atom. The Bertz CT molecular complexity index is 1070. The molecular formula is C51H94N2O10. The van der Waals surface area contributed by atoms with Crippen LogP contribution in [0.25, 0.3) is 0 Å². The van der Waals surface area contributed by atoms with Gasteiger partial charge in [0.1, 0.15) is 18.8 Å². The molecule has 0 heterocycles. The van der Waals surface area contributed by atoms with E-state index < -0.39 is 37.0 Å². The number of unbranched alkanes of at least 4 members (excludes halogenated alkanes) is 25. The molecule has 1 atom stereocenters. The van der Waals surface area contributed by atoms with Crippen LogP contribution in [0.5, 0.6) is 0 Å². The summed E-state index contributed by atoms with van der Waals surface area (Å²) in [5, 5.41) is 30.6. The third-order valence-corrected chi connectivity index (χ3v) is 11.3. The zero-order chi connectivity index (χ0) is 46.3. The molecular weight excluding hydrogens is 801 g/mol. The van der Waals surface area contributed by atoms with Crippen molar-refractivity contribution >= 4 is 23.8 Å². The fraction of sp³-hybridized carbons (Fsp3) is 0.843. The van der Waals surface area contributed by atoms with Gasteiger partial charge in [-0.3, -0.25) is 24.1 Å². The predicted molar refractivity (Wildman–Crippen MR) is 255 cm³/mol. The van der Waals surface area contributed by atoms with Gasteiger partial charge < -0.3 is 34.8 Å². The average Bonchev–Trinajstić information content (AvgIpc) is 3.24. The highest BCUT2D eigenvalue weighted by Gasteiger charge is 2.28. The minimum absolute atomic E-state index is 0.0486. The Kier molecular flexibility index (Phi) is 45.1. The SMILES string of the molecule is CCCCCCCC/C=C\CCCCCCCCOCC(COCCCCCCCC/C=C\CCCCCCCC)OCC(=O)NCCCCC(C(=O)O)N(CC(=O)O)CC(=O)O. The number of amides is 1. The first-order valence-electron chi connectivity index (χ1n) is 25.4. The first-order valence-corrected chi connectivity index (χ1v) is 25.4. The third-order valence-electron chi connectivity index (χ3n) is 11.3. The Balaban J connectivity index is 4.46. The first kappa shape index (κ1) is 60.2. The van der Waals surface area contributed by atoms with E-state index in [1.165, 1.54) is 154 Å². The second-order valence-electron chi connectivity index (χ2n) is 17.4. The lowest BCUT2D eigenvalue weighted by Crippen LogP contribution is -2.46. The lowest BCUT2D eigenvalue weighted by atomic mass is 10.1. The highest BCUT2D eigenvalue weighted by atomic mass is 16.6. The average molecular weight is 895 g/mol. The fourth-order valence-corrected chi connectivity index (χ4v) is 7.50. The number of hydrogen-bond donors (Lipinski definition) is 4. The molecule has 63 heavy (non-hydrogen) atoms. The largest absolute Gasteiger partial charge is 0.480 e. The van der Waals surface area contributed by atoms with Crippen LogP contribution < -0.4 is 5.32 Å². The first-order chi connectivity index (χ1) is 30.7. The number of nitrogens with one attached hydrogen (secondary N) is 1. The van der Waals surface area contributed by atoms with E-state index in [-0.39, 0.29) is 31.6 Å². The van der Waals surface area contributed by atoms with Crippen molar-refractivity contribution < 1.29 is 48.7 Å². The summed E-state index contributed by atoms with van der Waals surface area (Å²) in [6, 6.07) is -1.26. The van der Waals surface area contributed by atoms with Crippen molar-refractivity contribution in [3.05, 3.63) is 24.3 Å². The maximum Gasteiger partial charge on any atom is 0.320 e. The summed E-state index contributed by atoms with van der Waals surface area (Å²) in [7, 11) is 0. The van der Waals surface area contributed by atoms with E-state index in [1.807, 2.05) is 0 Å². The molecule has 0 aromatic heterocycles. The standard InChI is InChI=1S/C51H94N2O10/c1-3-5-7-9-11-13-15-17-19-21-23-25-27-29-31-35-39-61-43-46(44-62-40-36-32-30-28-26-24-22-20-18-16-14-12-10-8-6-4-2)63-45-48(54)52-38-34-33-37-47(51(59)60)53(41-49(55)56)42-50(57)58/h17-20,46-47H,3-16,21-45H2,1-2H3,(H,52,54)(H,55,56)(H,57,58)(H,59,60)/b19-17-,20-18-. The molecule has 1 unspecified atom stereocenters. The van der Waals surface area contributed by atoms with Crippen LogP contribution in [0.3, 0.4) is 0 Å². The molecule has 0 aromatic rings. The molecule has 0 aliphatic rings. The molecule has 12 heteroatoms. The topological polar surface area (TPSA) is 172 Å². The number of hydrogen-bond acceptors (Lipinski definition) is 8. The number of ether oxygens (including phenoxy) is 3. The van der Waals surface area contributed by atoms with Gasteiger partial charge in [-0.05, 0) is 83.5 Å². The van der Waals surface area contributed by atoms with E-state index in [2.05, 4.69) is 43.5 Å². The van der Waals surface area contributed by atoms with Gasteiger partial charge in [-0.2, -0.15) is 0 Å². The van der Waals surface area contributed by atoms with Crippen LogP contribution in [0.4, 0.5) is 0 Å².